The molecule has 2 nitrogen and oxygen atoms in total. The third-order valence-electron chi connectivity index (χ3n) is 1.33. The van der Waals surface area contributed by atoms with Crippen LogP contribution in [0.1, 0.15) is 5.56 Å². The Morgan fingerprint density at radius 2 is 1.92 bits per heavy atom. The molecule has 0 radical (unpaired) electrons. The molecule has 0 aliphatic rings. The maximum Gasteiger partial charge on any atom is 1.00 e. The third kappa shape index (κ3) is 6.86. The molecule has 1 aromatic rings. The molecule has 0 atom stereocenters. The Balaban J connectivity index is 0.00000144. The fourth-order valence-electron chi connectivity index (χ4n) is 0.826. The van der Waals surface area contributed by atoms with Crippen molar-refractivity contribution in [2.24, 2.45) is 0 Å². The van der Waals surface area contributed by atoms with E-state index in [9.17, 15) is 9.90 Å². The van der Waals surface area contributed by atoms with Crippen molar-refractivity contribution < 1.29 is 61.3 Å². The molecule has 0 amide bonds. The summed E-state index contributed by atoms with van der Waals surface area (Å²) in [5.41, 5.74) is 1.21. The van der Waals surface area contributed by atoms with Gasteiger partial charge in [-0.2, -0.15) is 0 Å². The SMILES string of the molecule is O=C([O-])C[Se]Cc1ccccc1.[K+]. The molecular formula is C9H9KO2Se. The molecule has 0 bridgehead atoms. The summed E-state index contributed by atoms with van der Waals surface area (Å²) in [4.78, 5) is 10.1. The molecule has 0 N–H and O–H groups in total. The molecule has 0 saturated carbocycles. The maximum atomic E-state index is 10.1. The monoisotopic (exact) mass is 268 g/mol. The van der Waals surface area contributed by atoms with Crippen LogP contribution in [0.15, 0.2) is 30.3 Å². The first-order chi connectivity index (χ1) is 5.79. The average Bonchev–Trinajstić information content (AvgIpc) is 2.05. The second-order valence-electron chi connectivity index (χ2n) is 2.35. The van der Waals surface area contributed by atoms with Crippen LogP contribution in [0.2, 0.25) is 5.32 Å². The zero-order chi connectivity index (χ0) is 8.81. The summed E-state index contributed by atoms with van der Waals surface area (Å²) < 4.78 is 0. The van der Waals surface area contributed by atoms with Gasteiger partial charge < -0.3 is 0 Å². The normalized spacial score (nSPS) is 8.92. The molecule has 1 aromatic carbocycles. The molecule has 64 valence electrons. The van der Waals surface area contributed by atoms with Crippen molar-refractivity contribution in [1.82, 2.24) is 0 Å². The number of aliphatic carboxylic acids is 1. The predicted molar refractivity (Wildman–Crippen MR) is 45.7 cm³/mol. The second kappa shape index (κ2) is 8.18. The Morgan fingerprint density at radius 3 is 2.46 bits per heavy atom. The molecule has 0 heterocycles. The van der Waals surface area contributed by atoms with Gasteiger partial charge in [-0.25, -0.2) is 0 Å². The molecule has 1 rings (SSSR count). The van der Waals surface area contributed by atoms with Crippen LogP contribution in [0.4, 0.5) is 0 Å². The smallest absolute Gasteiger partial charge is 1.00 e. The number of carboxylic acid groups (broad SMARTS) is 1. The van der Waals surface area contributed by atoms with Gasteiger partial charge in [-0.1, -0.05) is 0 Å². The van der Waals surface area contributed by atoms with E-state index < -0.39 is 5.97 Å². The molecule has 0 aliphatic heterocycles. The number of hydrogen-bond donors (Lipinski definition) is 0. The third-order valence-corrected chi connectivity index (χ3v) is 3.38. The Bertz CT molecular complexity index is 251. The Hall–Kier alpha value is 0.846. The summed E-state index contributed by atoms with van der Waals surface area (Å²) >= 11 is 0.139. The first-order valence-corrected chi connectivity index (χ1v) is 6.03. The summed E-state index contributed by atoms with van der Waals surface area (Å²) in [6.07, 6.45) is 0. The largest absolute Gasteiger partial charge is 1.00 e. The van der Waals surface area contributed by atoms with E-state index in [1.165, 1.54) is 5.56 Å². The van der Waals surface area contributed by atoms with Crippen LogP contribution in [-0.4, -0.2) is 20.9 Å². The standard InChI is InChI=1S/C9H10O2Se.K/c10-9(11)7-12-6-8-4-2-1-3-5-8;/h1-5H,6-7H2,(H,10,11);/q;+1/p-1. The molecule has 0 saturated heterocycles. The summed E-state index contributed by atoms with van der Waals surface area (Å²) in [5.74, 6) is -0.939. The van der Waals surface area contributed by atoms with E-state index in [1.54, 1.807) is 0 Å². The molecular weight excluding hydrogens is 258 g/mol. The molecule has 13 heavy (non-hydrogen) atoms. The molecule has 0 spiro atoms. The van der Waals surface area contributed by atoms with Crippen LogP contribution in [0, 0.1) is 0 Å². The van der Waals surface area contributed by atoms with E-state index in [2.05, 4.69) is 0 Å². The topological polar surface area (TPSA) is 40.1 Å². The minimum Gasteiger partial charge on any atom is 1.00 e. The summed E-state index contributed by atoms with van der Waals surface area (Å²) in [6, 6.07) is 9.90. The van der Waals surface area contributed by atoms with E-state index in [-0.39, 0.29) is 71.7 Å². The predicted octanol–water partition coefficient (Wildman–Crippen LogP) is -2.94. The van der Waals surface area contributed by atoms with Crippen LogP contribution in [0.3, 0.4) is 0 Å². The van der Waals surface area contributed by atoms with Gasteiger partial charge in [-0.15, -0.1) is 0 Å². The maximum absolute atomic E-state index is 10.1. The van der Waals surface area contributed by atoms with Gasteiger partial charge in [-0.05, 0) is 0 Å². The van der Waals surface area contributed by atoms with Gasteiger partial charge in [0.2, 0.25) is 0 Å². The molecule has 0 fully saturated rings. The van der Waals surface area contributed by atoms with Crippen molar-refractivity contribution in [3.63, 3.8) is 0 Å². The van der Waals surface area contributed by atoms with Crippen molar-refractivity contribution in [2.45, 2.75) is 10.6 Å². The first-order valence-electron chi connectivity index (χ1n) is 3.60. The summed E-state index contributed by atoms with van der Waals surface area (Å²) in [6.45, 7) is 0. The van der Waals surface area contributed by atoms with E-state index >= 15 is 0 Å². The van der Waals surface area contributed by atoms with Crippen LogP contribution in [-0.2, 0) is 10.1 Å². The number of benzene rings is 1. The zero-order valence-electron chi connectivity index (χ0n) is 7.53. The van der Waals surface area contributed by atoms with Gasteiger partial charge >= 0.3 is 129 Å². The minimum atomic E-state index is -0.939. The Morgan fingerprint density at radius 1 is 1.31 bits per heavy atom. The van der Waals surface area contributed by atoms with Crippen LogP contribution < -0.4 is 56.5 Å². The number of carboxylic acids is 1. The van der Waals surface area contributed by atoms with Gasteiger partial charge in [0.1, 0.15) is 0 Å². The van der Waals surface area contributed by atoms with E-state index in [1.807, 2.05) is 30.3 Å². The summed E-state index contributed by atoms with van der Waals surface area (Å²) in [7, 11) is 0. The average molecular weight is 267 g/mol. The fraction of sp³-hybridized carbons (Fsp3) is 0.222. The second-order valence-corrected chi connectivity index (χ2v) is 4.42. The van der Waals surface area contributed by atoms with Crippen LogP contribution in [0.25, 0.3) is 0 Å². The van der Waals surface area contributed by atoms with E-state index in [0.717, 1.165) is 5.32 Å². The van der Waals surface area contributed by atoms with Crippen molar-refractivity contribution >= 4 is 20.9 Å². The first kappa shape index (κ1) is 13.8. The minimum absolute atomic E-state index is 0. The van der Waals surface area contributed by atoms with Crippen molar-refractivity contribution in [3.8, 4) is 0 Å². The number of hydrogen-bond acceptors (Lipinski definition) is 2. The summed E-state index contributed by atoms with van der Waals surface area (Å²) in [5, 5.41) is 11.2. The number of rotatable bonds is 4. The van der Waals surface area contributed by atoms with E-state index in [4.69, 9.17) is 0 Å². The van der Waals surface area contributed by atoms with Crippen LogP contribution in [0.5, 0.6) is 0 Å². The zero-order valence-corrected chi connectivity index (χ0v) is 12.4. The fourth-order valence-corrected chi connectivity index (χ4v) is 2.29. The molecule has 4 heteroatoms. The molecule has 0 unspecified atom stereocenters. The van der Waals surface area contributed by atoms with Crippen molar-refractivity contribution in [3.05, 3.63) is 35.9 Å². The van der Waals surface area contributed by atoms with Gasteiger partial charge in [0.25, 0.3) is 0 Å². The van der Waals surface area contributed by atoms with Crippen molar-refractivity contribution in [1.29, 1.82) is 0 Å². The quantitative estimate of drug-likeness (QED) is 0.548. The van der Waals surface area contributed by atoms with Gasteiger partial charge in [0.15, 0.2) is 0 Å². The van der Waals surface area contributed by atoms with Gasteiger partial charge in [-0.3, -0.25) is 0 Å². The Kier molecular flexibility index (Phi) is 8.71. The Labute approximate surface area is 127 Å². The van der Waals surface area contributed by atoms with Gasteiger partial charge in [0, 0.05) is 0 Å². The van der Waals surface area contributed by atoms with Crippen LogP contribution >= 0.6 is 0 Å². The molecule has 0 aliphatic carbocycles. The number of carbonyl (C=O) groups excluding carboxylic acids is 1. The van der Waals surface area contributed by atoms with Gasteiger partial charge in [0.05, 0.1) is 0 Å². The number of carbonyl (C=O) groups is 1. The molecule has 0 aromatic heterocycles. The van der Waals surface area contributed by atoms with E-state index in [0.29, 0.717) is 0 Å². The van der Waals surface area contributed by atoms with Crippen molar-refractivity contribution in [2.75, 3.05) is 0 Å².